The summed E-state index contributed by atoms with van der Waals surface area (Å²) in [6.45, 7) is 1.74. The van der Waals surface area contributed by atoms with Gasteiger partial charge in [0.1, 0.15) is 5.75 Å². The first kappa shape index (κ1) is 15.0. The number of aliphatic hydroxyl groups is 1. The summed E-state index contributed by atoms with van der Waals surface area (Å²) in [4.78, 5) is 2.14. The fourth-order valence-electron chi connectivity index (χ4n) is 1.94. The highest BCUT2D eigenvalue weighted by Gasteiger charge is 2.15. The second kappa shape index (κ2) is 8.08. The van der Waals surface area contributed by atoms with Crippen molar-refractivity contribution in [1.82, 2.24) is 4.90 Å². The zero-order chi connectivity index (χ0) is 13.4. The second-order valence-electron chi connectivity index (χ2n) is 4.30. The quantitative estimate of drug-likeness (QED) is 0.716. The van der Waals surface area contributed by atoms with Gasteiger partial charge in [0.25, 0.3) is 0 Å². The van der Waals surface area contributed by atoms with Crippen LogP contribution in [0.2, 0.25) is 0 Å². The fraction of sp³-hybridized carbons (Fsp3) is 0.571. The molecule has 0 aromatic heterocycles. The second-order valence-corrected chi connectivity index (χ2v) is 4.30. The molecule has 0 aliphatic carbocycles. The van der Waals surface area contributed by atoms with E-state index in [2.05, 4.69) is 4.90 Å². The predicted octanol–water partition coefficient (Wildman–Crippen LogP) is 1.70. The van der Waals surface area contributed by atoms with Crippen LogP contribution in [0.4, 0.5) is 0 Å². The third-order valence-corrected chi connectivity index (χ3v) is 3.06. The number of benzene rings is 1. The molecule has 0 radical (unpaired) electrons. The van der Waals surface area contributed by atoms with Crippen molar-refractivity contribution in [2.45, 2.75) is 12.5 Å². The number of nitrogens with zero attached hydrogens (tertiary/aromatic N) is 1. The van der Waals surface area contributed by atoms with E-state index >= 15 is 0 Å². The number of ether oxygens (including phenoxy) is 2. The zero-order valence-electron chi connectivity index (χ0n) is 11.4. The van der Waals surface area contributed by atoms with Crippen LogP contribution in [-0.4, -0.2) is 51.0 Å². The van der Waals surface area contributed by atoms with Crippen molar-refractivity contribution in [3.05, 3.63) is 29.8 Å². The fourth-order valence-corrected chi connectivity index (χ4v) is 1.94. The number of hydrogen-bond donors (Lipinski definition) is 1. The van der Waals surface area contributed by atoms with Gasteiger partial charge in [-0.1, -0.05) is 12.1 Å². The van der Waals surface area contributed by atoms with Gasteiger partial charge >= 0.3 is 0 Å². The Bertz CT molecular complexity index is 326. The Labute approximate surface area is 109 Å². The highest BCUT2D eigenvalue weighted by atomic mass is 16.5. The Morgan fingerprint density at radius 3 is 2.39 bits per heavy atom. The van der Waals surface area contributed by atoms with Crippen molar-refractivity contribution >= 4 is 0 Å². The van der Waals surface area contributed by atoms with Crippen molar-refractivity contribution in [3.8, 4) is 5.75 Å². The molecule has 0 saturated heterocycles. The van der Waals surface area contributed by atoms with E-state index in [-0.39, 0.29) is 12.6 Å². The first-order chi connectivity index (χ1) is 8.72. The van der Waals surface area contributed by atoms with E-state index in [1.807, 2.05) is 31.3 Å². The Balaban J connectivity index is 2.62. The Hall–Kier alpha value is -1.10. The van der Waals surface area contributed by atoms with Crippen LogP contribution in [0.25, 0.3) is 0 Å². The molecule has 0 bridgehead atoms. The molecule has 1 atom stereocenters. The minimum absolute atomic E-state index is 0.0211. The molecular weight excluding hydrogens is 230 g/mol. The average Bonchev–Trinajstić information content (AvgIpc) is 2.41. The standard InChI is InChI=1S/C14H23NO3/c1-15(9-4-10-17-2)14(11-16)12-5-7-13(18-3)8-6-12/h5-8,14,16H,4,9-11H2,1-3H3. The maximum Gasteiger partial charge on any atom is 0.118 e. The minimum Gasteiger partial charge on any atom is -0.497 e. The molecule has 1 aromatic carbocycles. The Morgan fingerprint density at radius 1 is 1.22 bits per heavy atom. The van der Waals surface area contributed by atoms with Gasteiger partial charge in [0.2, 0.25) is 0 Å². The lowest BCUT2D eigenvalue weighted by atomic mass is 10.1. The molecule has 4 heteroatoms. The minimum atomic E-state index is 0.0211. The van der Waals surface area contributed by atoms with E-state index in [0.29, 0.717) is 0 Å². The average molecular weight is 253 g/mol. The van der Waals surface area contributed by atoms with Gasteiger partial charge in [0.05, 0.1) is 19.8 Å². The summed E-state index contributed by atoms with van der Waals surface area (Å²) >= 11 is 0. The molecule has 1 rings (SSSR count). The molecule has 0 amide bonds. The summed E-state index contributed by atoms with van der Waals surface area (Å²) in [6, 6.07) is 7.84. The molecular formula is C14H23NO3. The third kappa shape index (κ3) is 4.29. The summed E-state index contributed by atoms with van der Waals surface area (Å²) in [7, 11) is 5.36. The zero-order valence-corrected chi connectivity index (χ0v) is 11.4. The Morgan fingerprint density at radius 2 is 1.89 bits per heavy atom. The van der Waals surface area contributed by atoms with Crippen molar-refractivity contribution < 1.29 is 14.6 Å². The van der Waals surface area contributed by atoms with Crippen molar-refractivity contribution in [2.75, 3.05) is 41.0 Å². The number of rotatable bonds is 8. The van der Waals surface area contributed by atoms with Gasteiger partial charge in [-0.15, -0.1) is 0 Å². The van der Waals surface area contributed by atoms with Crippen LogP contribution >= 0.6 is 0 Å². The van der Waals surface area contributed by atoms with Gasteiger partial charge in [0.15, 0.2) is 0 Å². The smallest absolute Gasteiger partial charge is 0.118 e. The van der Waals surface area contributed by atoms with E-state index in [4.69, 9.17) is 9.47 Å². The lowest BCUT2D eigenvalue weighted by Gasteiger charge is -2.26. The lowest BCUT2D eigenvalue weighted by molar-refractivity contribution is 0.128. The molecule has 1 unspecified atom stereocenters. The maximum absolute atomic E-state index is 9.53. The molecule has 102 valence electrons. The monoisotopic (exact) mass is 253 g/mol. The van der Waals surface area contributed by atoms with Crippen LogP contribution in [0.15, 0.2) is 24.3 Å². The summed E-state index contributed by atoms with van der Waals surface area (Å²) in [5.41, 5.74) is 1.10. The largest absolute Gasteiger partial charge is 0.497 e. The topological polar surface area (TPSA) is 41.9 Å². The number of aliphatic hydroxyl groups excluding tert-OH is 1. The van der Waals surface area contributed by atoms with Crippen molar-refractivity contribution in [2.24, 2.45) is 0 Å². The molecule has 0 spiro atoms. The van der Waals surface area contributed by atoms with E-state index in [0.717, 1.165) is 30.9 Å². The van der Waals surface area contributed by atoms with Gasteiger partial charge in [0, 0.05) is 20.3 Å². The van der Waals surface area contributed by atoms with Gasteiger partial charge < -0.3 is 14.6 Å². The predicted molar refractivity (Wildman–Crippen MR) is 71.9 cm³/mol. The van der Waals surface area contributed by atoms with Gasteiger partial charge in [-0.25, -0.2) is 0 Å². The molecule has 4 nitrogen and oxygen atoms in total. The van der Waals surface area contributed by atoms with E-state index in [1.54, 1.807) is 14.2 Å². The summed E-state index contributed by atoms with van der Waals surface area (Å²) in [6.07, 6.45) is 0.958. The number of hydrogen-bond acceptors (Lipinski definition) is 4. The molecule has 0 saturated carbocycles. The molecule has 0 heterocycles. The van der Waals surface area contributed by atoms with Crippen LogP contribution < -0.4 is 4.74 Å². The van der Waals surface area contributed by atoms with Crippen LogP contribution in [0.3, 0.4) is 0 Å². The molecule has 1 N–H and O–H groups in total. The normalized spacial score (nSPS) is 12.7. The molecule has 0 fully saturated rings. The summed E-state index contributed by atoms with van der Waals surface area (Å²) < 4.78 is 10.2. The highest BCUT2D eigenvalue weighted by Crippen LogP contribution is 2.21. The first-order valence-electron chi connectivity index (χ1n) is 6.17. The van der Waals surface area contributed by atoms with E-state index < -0.39 is 0 Å². The van der Waals surface area contributed by atoms with Gasteiger partial charge in [-0.05, 0) is 31.2 Å². The van der Waals surface area contributed by atoms with Crippen molar-refractivity contribution in [1.29, 1.82) is 0 Å². The van der Waals surface area contributed by atoms with Crippen LogP contribution in [0.5, 0.6) is 5.75 Å². The van der Waals surface area contributed by atoms with Crippen LogP contribution in [0.1, 0.15) is 18.0 Å². The highest BCUT2D eigenvalue weighted by molar-refractivity contribution is 5.29. The molecule has 0 aliphatic heterocycles. The van der Waals surface area contributed by atoms with E-state index in [9.17, 15) is 5.11 Å². The number of methoxy groups -OCH3 is 2. The summed E-state index contributed by atoms with van der Waals surface area (Å²) in [5.74, 6) is 0.831. The lowest BCUT2D eigenvalue weighted by Crippen LogP contribution is -2.28. The van der Waals surface area contributed by atoms with Crippen LogP contribution in [0, 0.1) is 0 Å². The number of likely N-dealkylation sites (N-methyl/N-ethyl adjacent to an activating group) is 1. The summed E-state index contributed by atoms with van der Waals surface area (Å²) in [5, 5.41) is 9.53. The van der Waals surface area contributed by atoms with E-state index in [1.165, 1.54) is 0 Å². The molecule has 1 aromatic rings. The van der Waals surface area contributed by atoms with Crippen LogP contribution in [-0.2, 0) is 4.74 Å². The van der Waals surface area contributed by atoms with Gasteiger partial charge in [-0.2, -0.15) is 0 Å². The maximum atomic E-state index is 9.53. The van der Waals surface area contributed by atoms with Gasteiger partial charge in [-0.3, -0.25) is 4.90 Å². The Kier molecular flexibility index (Phi) is 6.72. The SMILES string of the molecule is COCCCN(C)C(CO)c1ccc(OC)cc1. The molecule has 0 aliphatic rings. The third-order valence-electron chi connectivity index (χ3n) is 3.06. The first-order valence-corrected chi connectivity index (χ1v) is 6.17. The van der Waals surface area contributed by atoms with Crippen molar-refractivity contribution in [3.63, 3.8) is 0 Å². The molecule has 18 heavy (non-hydrogen) atoms.